The molecule has 0 aliphatic rings. The molecule has 1 N–H and O–H groups in total. The highest BCUT2D eigenvalue weighted by Gasteiger charge is 2.10. The van der Waals surface area contributed by atoms with Crippen LogP contribution in [0.15, 0.2) is 66.7 Å². The van der Waals surface area contributed by atoms with Crippen molar-refractivity contribution in [2.75, 3.05) is 5.32 Å². The van der Waals surface area contributed by atoms with Crippen molar-refractivity contribution >= 4 is 28.2 Å². The fourth-order valence-corrected chi connectivity index (χ4v) is 2.79. The normalized spacial score (nSPS) is 10.6. The third-order valence-electron chi connectivity index (χ3n) is 4.30. The topological polar surface area (TPSA) is 46.2 Å². The van der Waals surface area contributed by atoms with Crippen LogP contribution in [0.5, 0.6) is 0 Å². The SMILES string of the molecule is CCc1ccc(C(=O)CCC(=O)Nc2ccc3ccccc3c2)cc1. The maximum atomic E-state index is 12.2. The molecule has 0 spiro atoms. The number of benzene rings is 3. The Bertz CT molecular complexity index is 897. The second-order valence-corrected chi connectivity index (χ2v) is 6.08. The van der Waals surface area contributed by atoms with Gasteiger partial charge in [0.05, 0.1) is 0 Å². The largest absolute Gasteiger partial charge is 0.326 e. The van der Waals surface area contributed by atoms with E-state index in [0.717, 1.165) is 22.9 Å². The lowest BCUT2D eigenvalue weighted by atomic mass is 10.0. The molecular weight excluding hydrogens is 310 g/mol. The molecule has 3 heteroatoms. The lowest BCUT2D eigenvalue weighted by molar-refractivity contribution is -0.116. The number of Topliss-reactive ketones (excluding diaryl/α,β-unsaturated/α-hetero) is 1. The van der Waals surface area contributed by atoms with Gasteiger partial charge in [-0.2, -0.15) is 0 Å². The quantitative estimate of drug-likeness (QED) is 0.646. The summed E-state index contributed by atoms with van der Waals surface area (Å²) >= 11 is 0. The fourth-order valence-electron chi connectivity index (χ4n) is 2.79. The zero-order valence-corrected chi connectivity index (χ0v) is 14.3. The Labute approximate surface area is 147 Å². The van der Waals surface area contributed by atoms with E-state index in [9.17, 15) is 9.59 Å². The third kappa shape index (κ3) is 4.32. The summed E-state index contributed by atoms with van der Waals surface area (Å²) in [6, 6.07) is 21.4. The number of carbonyl (C=O) groups is 2. The van der Waals surface area contributed by atoms with E-state index in [4.69, 9.17) is 0 Å². The highest BCUT2D eigenvalue weighted by molar-refractivity contribution is 6.00. The van der Waals surface area contributed by atoms with Gasteiger partial charge in [-0.3, -0.25) is 9.59 Å². The summed E-state index contributed by atoms with van der Waals surface area (Å²) in [6.45, 7) is 2.08. The lowest BCUT2D eigenvalue weighted by Crippen LogP contribution is -2.13. The van der Waals surface area contributed by atoms with Gasteiger partial charge >= 0.3 is 0 Å². The van der Waals surface area contributed by atoms with Gasteiger partial charge in [-0.15, -0.1) is 0 Å². The molecule has 0 bridgehead atoms. The van der Waals surface area contributed by atoms with Crippen LogP contribution in [0.2, 0.25) is 0 Å². The van der Waals surface area contributed by atoms with E-state index in [-0.39, 0.29) is 24.5 Å². The average Bonchev–Trinajstić information content (AvgIpc) is 2.66. The van der Waals surface area contributed by atoms with Crippen molar-refractivity contribution < 1.29 is 9.59 Å². The number of aryl methyl sites for hydroxylation is 1. The monoisotopic (exact) mass is 331 g/mol. The number of hydrogen-bond donors (Lipinski definition) is 1. The number of fused-ring (bicyclic) bond motifs is 1. The molecule has 0 radical (unpaired) electrons. The van der Waals surface area contributed by atoms with Gasteiger partial charge in [0, 0.05) is 24.1 Å². The van der Waals surface area contributed by atoms with Gasteiger partial charge in [0.1, 0.15) is 0 Å². The van der Waals surface area contributed by atoms with Crippen molar-refractivity contribution in [1.82, 2.24) is 0 Å². The first-order valence-electron chi connectivity index (χ1n) is 8.56. The van der Waals surface area contributed by atoms with Crippen LogP contribution in [-0.4, -0.2) is 11.7 Å². The van der Waals surface area contributed by atoms with Crippen LogP contribution in [0.1, 0.15) is 35.7 Å². The van der Waals surface area contributed by atoms with Crippen molar-refractivity contribution in [1.29, 1.82) is 0 Å². The van der Waals surface area contributed by atoms with E-state index in [2.05, 4.69) is 12.2 Å². The molecule has 3 nitrogen and oxygen atoms in total. The summed E-state index contributed by atoms with van der Waals surface area (Å²) in [7, 11) is 0. The predicted octanol–water partition coefficient (Wildman–Crippen LogP) is 5.00. The number of amides is 1. The van der Waals surface area contributed by atoms with Gasteiger partial charge in [0.25, 0.3) is 0 Å². The molecule has 0 aliphatic carbocycles. The molecule has 3 rings (SSSR count). The van der Waals surface area contributed by atoms with E-state index >= 15 is 0 Å². The second-order valence-electron chi connectivity index (χ2n) is 6.08. The molecule has 126 valence electrons. The lowest BCUT2D eigenvalue weighted by Gasteiger charge is -2.07. The van der Waals surface area contributed by atoms with Crippen LogP contribution < -0.4 is 5.32 Å². The zero-order valence-electron chi connectivity index (χ0n) is 14.3. The first-order chi connectivity index (χ1) is 12.2. The molecule has 1 amide bonds. The molecule has 25 heavy (non-hydrogen) atoms. The zero-order chi connectivity index (χ0) is 17.6. The van der Waals surface area contributed by atoms with Gasteiger partial charge in [-0.25, -0.2) is 0 Å². The van der Waals surface area contributed by atoms with Crippen molar-refractivity contribution in [3.8, 4) is 0 Å². The van der Waals surface area contributed by atoms with Crippen LogP contribution in [0.25, 0.3) is 10.8 Å². The van der Waals surface area contributed by atoms with Crippen LogP contribution in [-0.2, 0) is 11.2 Å². The standard InChI is InChI=1S/C22H21NO2/c1-2-16-7-9-18(10-8-16)21(24)13-14-22(25)23-20-12-11-17-5-3-4-6-19(17)15-20/h3-12,15H,2,13-14H2,1H3,(H,23,25). The summed E-state index contributed by atoms with van der Waals surface area (Å²) in [4.78, 5) is 24.3. The summed E-state index contributed by atoms with van der Waals surface area (Å²) in [5, 5.41) is 5.08. The Hall–Kier alpha value is -2.94. The number of ketones is 1. The first kappa shape index (κ1) is 16.9. The Morgan fingerprint density at radius 1 is 0.840 bits per heavy atom. The van der Waals surface area contributed by atoms with Crippen LogP contribution >= 0.6 is 0 Å². The van der Waals surface area contributed by atoms with E-state index in [0.29, 0.717) is 5.56 Å². The molecule has 0 heterocycles. The fraction of sp³-hybridized carbons (Fsp3) is 0.182. The van der Waals surface area contributed by atoms with Gasteiger partial charge in [-0.05, 0) is 34.9 Å². The summed E-state index contributed by atoms with van der Waals surface area (Å²) in [5.41, 5.74) is 2.62. The van der Waals surface area contributed by atoms with Gasteiger partial charge in [0.15, 0.2) is 5.78 Å². The first-order valence-corrected chi connectivity index (χ1v) is 8.56. The predicted molar refractivity (Wildman–Crippen MR) is 102 cm³/mol. The molecule has 0 aromatic heterocycles. The van der Waals surface area contributed by atoms with E-state index in [1.54, 1.807) is 0 Å². The Balaban J connectivity index is 1.57. The minimum atomic E-state index is -0.145. The van der Waals surface area contributed by atoms with Crippen LogP contribution in [0.4, 0.5) is 5.69 Å². The molecule has 0 aliphatic heterocycles. The number of carbonyl (C=O) groups excluding carboxylic acids is 2. The Morgan fingerprint density at radius 2 is 1.56 bits per heavy atom. The third-order valence-corrected chi connectivity index (χ3v) is 4.30. The van der Waals surface area contributed by atoms with Crippen molar-refractivity contribution in [2.24, 2.45) is 0 Å². The molecule has 0 saturated carbocycles. The minimum absolute atomic E-state index is 0.00341. The maximum absolute atomic E-state index is 12.2. The highest BCUT2D eigenvalue weighted by atomic mass is 16.2. The molecule has 0 fully saturated rings. The van der Waals surface area contributed by atoms with Gasteiger partial charge < -0.3 is 5.32 Å². The second kappa shape index (κ2) is 7.75. The molecule has 0 saturated heterocycles. The maximum Gasteiger partial charge on any atom is 0.224 e. The van der Waals surface area contributed by atoms with E-state index < -0.39 is 0 Å². The highest BCUT2D eigenvalue weighted by Crippen LogP contribution is 2.19. The molecule has 0 atom stereocenters. The van der Waals surface area contributed by atoms with Crippen molar-refractivity contribution in [3.05, 3.63) is 77.9 Å². The minimum Gasteiger partial charge on any atom is -0.326 e. The summed E-state index contributed by atoms with van der Waals surface area (Å²) in [5.74, 6) is -0.148. The van der Waals surface area contributed by atoms with Gasteiger partial charge in [-0.1, -0.05) is 61.5 Å². The number of hydrogen-bond acceptors (Lipinski definition) is 2. The smallest absolute Gasteiger partial charge is 0.224 e. The molecule has 3 aromatic carbocycles. The Morgan fingerprint density at radius 3 is 2.28 bits per heavy atom. The van der Waals surface area contributed by atoms with Crippen LogP contribution in [0, 0.1) is 0 Å². The van der Waals surface area contributed by atoms with E-state index in [1.165, 1.54) is 5.56 Å². The molecular formula is C22H21NO2. The van der Waals surface area contributed by atoms with Gasteiger partial charge in [0.2, 0.25) is 5.91 Å². The Kier molecular flexibility index (Phi) is 5.24. The number of rotatable bonds is 6. The summed E-state index contributed by atoms with van der Waals surface area (Å²) in [6.07, 6.45) is 1.34. The summed E-state index contributed by atoms with van der Waals surface area (Å²) < 4.78 is 0. The molecule has 0 unspecified atom stereocenters. The number of nitrogens with one attached hydrogen (secondary N) is 1. The van der Waals surface area contributed by atoms with Crippen molar-refractivity contribution in [3.63, 3.8) is 0 Å². The van der Waals surface area contributed by atoms with E-state index in [1.807, 2.05) is 66.7 Å². The molecule has 3 aromatic rings. The number of anilines is 1. The average molecular weight is 331 g/mol. The van der Waals surface area contributed by atoms with Crippen molar-refractivity contribution in [2.45, 2.75) is 26.2 Å². The van der Waals surface area contributed by atoms with Crippen LogP contribution in [0.3, 0.4) is 0 Å².